The zero-order chi connectivity index (χ0) is 14.1. The van der Waals surface area contributed by atoms with E-state index in [9.17, 15) is 4.79 Å². The molecule has 0 saturated carbocycles. The zero-order valence-corrected chi connectivity index (χ0v) is 12.5. The van der Waals surface area contributed by atoms with Crippen molar-refractivity contribution in [3.05, 3.63) is 58.8 Å². The predicted molar refractivity (Wildman–Crippen MR) is 82.9 cm³/mol. The number of carbonyl (C=O) groups is 1. The molecule has 2 aromatic heterocycles. The van der Waals surface area contributed by atoms with Crippen LogP contribution in [0.2, 0.25) is 0 Å². The predicted octanol–water partition coefficient (Wildman–Crippen LogP) is 4.44. The first-order valence-corrected chi connectivity index (χ1v) is 7.03. The molecule has 98 valence electrons. The van der Waals surface area contributed by atoms with Crippen LogP contribution in [0.25, 0.3) is 22.2 Å². The number of nitrogens with zero attached hydrogens (tertiary/aromatic N) is 2. The lowest BCUT2D eigenvalue weighted by molar-refractivity contribution is 0.108. The lowest BCUT2D eigenvalue weighted by atomic mass is 10.1. The third kappa shape index (κ3) is 2.44. The van der Waals surface area contributed by atoms with Crippen molar-refractivity contribution in [3.63, 3.8) is 0 Å². The van der Waals surface area contributed by atoms with Crippen molar-refractivity contribution in [3.8, 4) is 11.3 Å². The van der Waals surface area contributed by atoms with Crippen LogP contribution in [0.15, 0.2) is 53.3 Å². The molecule has 0 radical (unpaired) electrons. The standard InChI is InChI=1S/C15H8BrClN2O/c16-10-3-4-13-11(6-10)12(15(17)20)7-14(19-13)9-2-1-5-18-8-9/h1-8H. The summed E-state index contributed by atoms with van der Waals surface area (Å²) in [5, 5.41) is 0.229. The Kier molecular flexibility index (Phi) is 3.51. The highest BCUT2D eigenvalue weighted by molar-refractivity contribution is 9.10. The largest absolute Gasteiger partial charge is 0.276 e. The van der Waals surface area contributed by atoms with Crippen LogP contribution in [-0.4, -0.2) is 15.2 Å². The first-order valence-electron chi connectivity index (χ1n) is 5.86. The molecule has 1 aromatic carbocycles. The van der Waals surface area contributed by atoms with Gasteiger partial charge in [0.2, 0.25) is 0 Å². The van der Waals surface area contributed by atoms with Crippen LogP contribution in [-0.2, 0) is 0 Å². The molecule has 3 rings (SSSR count). The average molecular weight is 348 g/mol. The number of hydrogen-bond donors (Lipinski definition) is 0. The van der Waals surface area contributed by atoms with E-state index in [0.29, 0.717) is 11.3 Å². The van der Waals surface area contributed by atoms with E-state index in [1.807, 2.05) is 30.3 Å². The maximum atomic E-state index is 11.7. The second-order valence-corrected chi connectivity index (χ2v) is 5.49. The van der Waals surface area contributed by atoms with Crippen LogP contribution in [0.3, 0.4) is 0 Å². The first kappa shape index (κ1) is 13.2. The topological polar surface area (TPSA) is 42.9 Å². The van der Waals surface area contributed by atoms with E-state index in [0.717, 1.165) is 20.9 Å². The van der Waals surface area contributed by atoms with Gasteiger partial charge in [-0.05, 0) is 48.0 Å². The summed E-state index contributed by atoms with van der Waals surface area (Å²) in [6.07, 6.45) is 3.39. The van der Waals surface area contributed by atoms with Crippen molar-refractivity contribution in [1.82, 2.24) is 9.97 Å². The van der Waals surface area contributed by atoms with Gasteiger partial charge in [0.25, 0.3) is 5.24 Å². The van der Waals surface area contributed by atoms with Gasteiger partial charge < -0.3 is 0 Å². The Morgan fingerprint density at radius 1 is 1.20 bits per heavy atom. The van der Waals surface area contributed by atoms with Gasteiger partial charge in [0.15, 0.2) is 0 Å². The summed E-state index contributed by atoms with van der Waals surface area (Å²) in [4.78, 5) is 20.3. The second kappa shape index (κ2) is 5.31. The Bertz CT molecular complexity index is 806. The van der Waals surface area contributed by atoms with Crippen LogP contribution < -0.4 is 0 Å². The Balaban J connectivity index is 2.32. The van der Waals surface area contributed by atoms with Crippen molar-refractivity contribution in [2.24, 2.45) is 0 Å². The van der Waals surface area contributed by atoms with Gasteiger partial charge in [0.05, 0.1) is 11.2 Å². The van der Waals surface area contributed by atoms with Crippen LogP contribution in [0.1, 0.15) is 10.4 Å². The summed E-state index contributed by atoms with van der Waals surface area (Å²) in [5.74, 6) is 0. The van der Waals surface area contributed by atoms with Crippen molar-refractivity contribution in [2.45, 2.75) is 0 Å². The summed E-state index contributed by atoms with van der Waals surface area (Å²) in [6, 6.07) is 11.0. The quantitative estimate of drug-likeness (QED) is 0.644. The van der Waals surface area contributed by atoms with Gasteiger partial charge in [0, 0.05) is 33.4 Å². The summed E-state index contributed by atoms with van der Waals surface area (Å²) in [7, 11) is 0. The molecule has 0 N–H and O–H groups in total. The third-order valence-corrected chi connectivity index (χ3v) is 3.64. The van der Waals surface area contributed by atoms with Crippen LogP contribution in [0.5, 0.6) is 0 Å². The smallest absolute Gasteiger partial charge is 0.253 e. The SMILES string of the molecule is O=C(Cl)c1cc(-c2cccnc2)nc2ccc(Br)cc12. The highest BCUT2D eigenvalue weighted by Gasteiger charge is 2.12. The number of pyridine rings is 2. The molecular weight excluding hydrogens is 340 g/mol. The molecule has 0 aliphatic rings. The minimum Gasteiger partial charge on any atom is -0.276 e. The molecular formula is C15H8BrClN2O. The molecule has 0 amide bonds. The molecule has 0 aliphatic heterocycles. The van der Waals surface area contributed by atoms with Gasteiger partial charge in [-0.2, -0.15) is 0 Å². The molecule has 0 aliphatic carbocycles. The molecule has 0 spiro atoms. The molecule has 3 aromatic rings. The summed E-state index contributed by atoms with van der Waals surface area (Å²) >= 11 is 9.08. The van der Waals surface area contributed by atoms with Gasteiger partial charge in [-0.15, -0.1) is 0 Å². The molecule has 20 heavy (non-hydrogen) atoms. The summed E-state index contributed by atoms with van der Waals surface area (Å²) < 4.78 is 0.875. The Hall–Kier alpha value is -1.78. The van der Waals surface area contributed by atoms with Gasteiger partial charge >= 0.3 is 0 Å². The number of benzene rings is 1. The average Bonchev–Trinajstić information content (AvgIpc) is 2.47. The number of aromatic nitrogens is 2. The minimum atomic E-state index is -0.499. The Labute approximate surface area is 128 Å². The van der Waals surface area contributed by atoms with Gasteiger partial charge in [-0.1, -0.05) is 15.9 Å². The zero-order valence-electron chi connectivity index (χ0n) is 10.2. The van der Waals surface area contributed by atoms with Gasteiger partial charge in [-0.3, -0.25) is 9.78 Å². The van der Waals surface area contributed by atoms with E-state index in [1.54, 1.807) is 18.5 Å². The molecule has 2 heterocycles. The van der Waals surface area contributed by atoms with Gasteiger partial charge in [-0.25, -0.2) is 4.98 Å². The van der Waals surface area contributed by atoms with Crippen molar-refractivity contribution in [2.75, 3.05) is 0 Å². The van der Waals surface area contributed by atoms with E-state index < -0.39 is 5.24 Å². The number of carbonyl (C=O) groups excluding carboxylic acids is 1. The lowest BCUT2D eigenvalue weighted by Gasteiger charge is -2.07. The van der Waals surface area contributed by atoms with Gasteiger partial charge in [0.1, 0.15) is 0 Å². The van der Waals surface area contributed by atoms with E-state index in [4.69, 9.17) is 11.6 Å². The fourth-order valence-corrected chi connectivity index (χ4v) is 2.54. The monoisotopic (exact) mass is 346 g/mol. The maximum absolute atomic E-state index is 11.7. The number of hydrogen-bond acceptors (Lipinski definition) is 3. The third-order valence-electron chi connectivity index (χ3n) is 2.94. The van der Waals surface area contributed by atoms with E-state index in [2.05, 4.69) is 25.9 Å². The van der Waals surface area contributed by atoms with E-state index in [-0.39, 0.29) is 0 Å². The molecule has 5 heteroatoms. The highest BCUT2D eigenvalue weighted by Crippen LogP contribution is 2.27. The fourth-order valence-electron chi connectivity index (χ4n) is 2.02. The minimum absolute atomic E-state index is 0.441. The molecule has 0 fully saturated rings. The van der Waals surface area contributed by atoms with Crippen LogP contribution >= 0.6 is 27.5 Å². The second-order valence-electron chi connectivity index (χ2n) is 4.23. The number of halogens is 2. The fraction of sp³-hybridized carbons (Fsp3) is 0. The molecule has 0 unspecified atom stereocenters. The molecule has 0 bridgehead atoms. The van der Waals surface area contributed by atoms with Crippen molar-refractivity contribution in [1.29, 1.82) is 0 Å². The van der Waals surface area contributed by atoms with E-state index in [1.165, 1.54) is 0 Å². The summed E-state index contributed by atoms with van der Waals surface area (Å²) in [5.41, 5.74) is 2.68. The van der Waals surface area contributed by atoms with Crippen LogP contribution in [0, 0.1) is 0 Å². The van der Waals surface area contributed by atoms with Crippen LogP contribution in [0.4, 0.5) is 0 Å². The number of fused-ring (bicyclic) bond motifs is 1. The van der Waals surface area contributed by atoms with Crippen molar-refractivity contribution >= 4 is 43.7 Å². The molecule has 0 saturated heterocycles. The van der Waals surface area contributed by atoms with Crippen molar-refractivity contribution < 1.29 is 4.79 Å². The Morgan fingerprint density at radius 3 is 2.75 bits per heavy atom. The normalized spacial score (nSPS) is 10.7. The highest BCUT2D eigenvalue weighted by atomic mass is 79.9. The maximum Gasteiger partial charge on any atom is 0.253 e. The summed E-state index contributed by atoms with van der Waals surface area (Å²) in [6.45, 7) is 0. The molecule has 3 nitrogen and oxygen atoms in total. The van der Waals surface area contributed by atoms with E-state index >= 15 is 0 Å². The molecule has 0 atom stereocenters. The Morgan fingerprint density at radius 2 is 2.05 bits per heavy atom. The number of rotatable bonds is 2. The first-order chi connectivity index (χ1) is 9.65. The lowest BCUT2D eigenvalue weighted by Crippen LogP contribution is -1.96.